The first-order valence-electron chi connectivity index (χ1n) is 10.0. The number of fused-ring (bicyclic) bond motifs is 2. The molecule has 2 heterocycles. The Bertz CT molecular complexity index is 894. The van der Waals surface area contributed by atoms with Crippen molar-refractivity contribution in [2.45, 2.75) is 50.2 Å². The number of nitrogens with one attached hydrogen (secondary N) is 1. The zero-order valence-electron chi connectivity index (χ0n) is 16.4. The molecule has 6 nitrogen and oxygen atoms in total. The van der Waals surface area contributed by atoms with Crippen LogP contribution in [0, 0.1) is 17.8 Å². The van der Waals surface area contributed by atoms with Gasteiger partial charge >= 0.3 is 0 Å². The van der Waals surface area contributed by atoms with Crippen LogP contribution in [0.25, 0.3) is 10.7 Å². The van der Waals surface area contributed by atoms with Crippen molar-refractivity contribution in [2.75, 3.05) is 18.6 Å². The van der Waals surface area contributed by atoms with Crippen molar-refractivity contribution in [3.05, 3.63) is 17.5 Å². The maximum Gasteiger partial charge on any atom is 0.211 e. The lowest BCUT2D eigenvalue weighted by atomic mass is 9.84. The van der Waals surface area contributed by atoms with Crippen LogP contribution in [0.2, 0.25) is 0 Å². The molecule has 9 heteroatoms. The predicted octanol–water partition coefficient (Wildman–Crippen LogP) is 4.04. The summed E-state index contributed by atoms with van der Waals surface area (Å²) in [4.78, 5) is 1.15. The number of rotatable bonds is 9. The van der Waals surface area contributed by atoms with Crippen molar-refractivity contribution >= 4 is 33.1 Å². The molecule has 0 aliphatic heterocycles. The van der Waals surface area contributed by atoms with Gasteiger partial charge in [0.2, 0.25) is 10.0 Å². The summed E-state index contributed by atoms with van der Waals surface area (Å²) in [5.41, 5.74) is 0. The fourth-order valence-corrected chi connectivity index (χ4v) is 7.49. The van der Waals surface area contributed by atoms with Gasteiger partial charge in [0.1, 0.15) is 0 Å². The summed E-state index contributed by atoms with van der Waals surface area (Å²) < 4.78 is 28.0. The molecule has 2 bridgehead atoms. The molecule has 2 aromatic rings. The molecule has 4 unspecified atom stereocenters. The topological polar surface area (TPSA) is 76.9 Å². The lowest BCUT2D eigenvalue weighted by molar-refractivity contribution is 0.235. The molecule has 0 radical (unpaired) electrons. The van der Waals surface area contributed by atoms with Gasteiger partial charge < -0.3 is 0 Å². The van der Waals surface area contributed by atoms with E-state index in [1.807, 2.05) is 0 Å². The Morgan fingerprint density at radius 1 is 1.36 bits per heavy atom. The lowest BCUT2D eigenvalue weighted by Gasteiger charge is -2.30. The molecule has 0 spiro atoms. The second kappa shape index (κ2) is 8.45. The molecule has 2 aliphatic carbocycles. The minimum atomic E-state index is -3.15. The van der Waals surface area contributed by atoms with Crippen LogP contribution in [-0.4, -0.2) is 41.7 Å². The van der Waals surface area contributed by atoms with Crippen molar-refractivity contribution in [3.8, 4) is 10.7 Å². The number of sulfonamides is 1. The van der Waals surface area contributed by atoms with E-state index in [1.165, 1.54) is 32.7 Å². The van der Waals surface area contributed by atoms with Gasteiger partial charge in [-0.3, -0.25) is 4.57 Å². The summed E-state index contributed by atoms with van der Waals surface area (Å²) >= 11 is 3.32. The van der Waals surface area contributed by atoms with Gasteiger partial charge in [-0.15, -0.1) is 21.5 Å². The first-order valence-corrected chi connectivity index (χ1v) is 13.5. The van der Waals surface area contributed by atoms with E-state index in [0.29, 0.717) is 24.1 Å². The van der Waals surface area contributed by atoms with Gasteiger partial charge in [-0.2, -0.15) is 0 Å². The Balaban J connectivity index is 1.53. The number of hydrogen-bond donors (Lipinski definition) is 1. The quantitative estimate of drug-likeness (QED) is 0.470. The van der Waals surface area contributed by atoms with Gasteiger partial charge in [-0.05, 0) is 68.9 Å². The fourth-order valence-electron chi connectivity index (χ4n) is 4.91. The number of aromatic nitrogens is 3. The van der Waals surface area contributed by atoms with Crippen LogP contribution in [0.5, 0.6) is 0 Å². The second-order valence-corrected chi connectivity index (χ2v) is 12.0. The van der Waals surface area contributed by atoms with Crippen LogP contribution < -0.4 is 4.72 Å². The van der Waals surface area contributed by atoms with Crippen molar-refractivity contribution in [2.24, 2.45) is 17.8 Å². The molecular weight excluding hydrogens is 412 g/mol. The minimum absolute atomic E-state index is 0.143. The third kappa shape index (κ3) is 4.17. The number of nitrogens with zero attached hydrogens (tertiary/aromatic N) is 3. The van der Waals surface area contributed by atoms with Crippen LogP contribution in [0.1, 0.15) is 45.1 Å². The second-order valence-electron chi connectivity index (χ2n) is 7.96. The van der Waals surface area contributed by atoms with Gasteiger partial charge in [-0.1, -0.05) is 24.2 Å². The fraction of sp³-hybridized carbons (Fsp3) is 0.684. The summed E-state index contributed by atoms with van der Waals surface area (Å²) in [6.45, 7) is 2.32. The SMILES string of the molecule is CNS(=O)(=O)CCCSc1nnc(-c2cccs2)n1C(C)C1CC2CCC1C2. The standard InChI is InChI=1S/C19H28N4O2S3/c1-13(16-12-14-6-7-15(16)11-14)23-18(17-5-3-8-26-17)21-22-19(23)27-9-4-10-28(24,25)20-2/h3,5,8,13-16,20H,4,6-7,9-12H2,1-2H3. The van der Waals surface area contributed by atoms with Crippen LogP contribution >= 0.6 is 23.1 Å². The summed E-state index contributed by atoms with van der Waals surface area (Å²) in [5.74, 6) is 4.24. The highest BCUT2D eigenvalue weighted by Crippen LogP contribution is 2.53. The van der Waals surface area contributed by atoms with E-state index >= 15 is 0 Å². The van der Waals surface area contributed by atoms with E-state index in [-0.39, 0.29) is 5.75 Å². The molecule has 2 saturated carbocycles. The molecule has 154 valence electrons. The van der Waals surface area contributed by atoms with E-state index in [9.17, 15) is 8.42 Å². The Kier molecular flexibility index (Phi) is 6.15. The molecular formula is C19H28N4O2S3. The largest absolute Gasteiger partial charge is 0.298 e. The molecule has 0 aromatic carbocycles. The van der Waals surface area contributed by atoms with Crippen molar-refractivity contribution in [3.63, 3.8) is 0 Å². The van der Waals surface area contributed by atoms with Gasteiger partial charge in [0.05, 0.1) is 10.6 Å². The molecule has 2 fully saturated rings. The highest BCUT2D eigenvalue weighted by molar-refractivity contribution is 7.99. The van der Waals surface area contributed by atoms with Crippen LogP contribution in [0.3, 0.4) is 0 Å². The molecule has 2 aromatic heterocycles. The maximum absolute atomic E-state index is 11.6. The van der Waals surface area contributed by atoms with Gasteiger partial charge in [0.25, 0.3) is 0 Å². The summed E-state index contributed by atoms with van der Waals surface area (Å²) in [5, 5.41) is 12.0. The highest BCUT2D eigenvalue weighted by Gasteiger charge is 2.43. The average Bonchev–Trinajstić information content (AvgIpc) is 3.48. The molecule has 28 heavy (non-hydrogen) atoms. The van der Waals surface area contributed by atoms with E-state index < -0.39 is 10.0 Å². The maximum atomic E-state index is 11.6. The summed E-state index contributed by atoms with van der Waals surface area (Å²) in [6, 6.07) is 4.52. The normalized spacial score (nSPS) is 25.4. The Hall–Kier alpha value is -0.900. The van der Waals surface area contributed by atoms with Crippen LogP contribution in [0.4, 0.5) is 0 Å². The van der Waals surface area contributed by atoms with Crippen molar-refractivity contribution in [1.82, 2.24) is 19.5 Å². The van der Waals surface area contributed by atoms with Crippen molar-refractivity contribution in [1.29, 1.82) is 0 Å². The number of hydrogen-bond acceptors (Lipinski definition) is 6. The summed E-state index contributed by atoms with van der Waals surface area (Å²) in [7, 11) is -1.69. The van der Waals surface area contributed by atoms with Gasteiger partial charge in [0.15, 0.2) is 11.0 Å². The third-order valence-corrected chi connectivity index (χ3v) is 9.67. The average molecular weight is 441 g/mol. The Morgan fingerprint density at radius 3 is 2.86 bits per heavy atom. The monoisotopic (exact) mass is 440 g/mol. The smallest absolute Gasteiger partial charge is 0.211 e. The molecule has 1 N–H and O–H groups in total. The predicted molar refractivity (Wildman–Crippen MR) is 115 cm³/mol. The zero-order valence-corrected chi connectivity index (χ0v) is 18.8. The van der Waals surface area contributed by atoms with E-state index in [1.54, 1.807) is 23.1 Å². The Morgan fingerprint density at radius 2 is 2.21 bits per heavy atom. The van der Waals surface area contributed by atoms with E-state index in [2.05, 4.69) is 43.9 Å². The number of thiophene rings is 1. The lowest BCUT2D eigenvalue weighted by Crippen LogP contribution is -2.23. The first kappa shape index (κ1) is 20.4. The van der Waals surface area contributed by atoms with Crippen LogP contribution in [0.15, 0.2) is 22.7 Å². The molecule has 0 saturated heterocycles. The van der Waals surface area contributed by atoms with Gasteiger partial charge in [0, 0.05) is 11.8 Å². The molecule has 0 amide bonds. The third-order valence-electron chi connectivity index (χ3n) is 6.33. The molecule has 4 rings (SSSR count). The number of thioether (sulfide) groups is 1. The molecule has 2 aliphatic rings. The minimum Gasteiger partial charge on any atom is -0.298 e. The van der Waals surface area contributed by atoms with Crippen LogP contribution in [-0.2, 0) is 10.0 Å². The van der Waals surface area contributed by atoms with E-state index in [0.717, 1.165) is 27.7 Å². The summed E-state index contributed by atoms with van der Waals surface area (Å²) in [6.07, 6.45) is 6.06. The van der Waals surface area contributed by atoms with Gasteiger partial charge in [-0.25, -0.2) is 13.1 Å². The highest BCUT2D eigenvalue weighted by atomic mass is 32.2. The van der Waals surface area contributed by atoms with E-state index in [4.69, 9.17) is 0 Å². The zero-order chi connectivity index (χ0) is 19.7. The molecule has 4 atom stereocenters. The van der Waals surface area contributed by atoms with Crippen molar-refractivity contribution < 1.29 is 8.42 Å². The first-order chi connectivity index (χ1) is 13.5. The Labute approximate surface area is 175 Å².